The Morgan fingerprint density at radius 3 is 2.08 bits per heavy atom. The van der Waals surface area contributed by atoms with Gasteiger partial charge in [0, 0.05) is 19.1 Å². The van der Waals surface area contributed by atoms with Crippen molar-refractivity contribution in [2.75, 3.05) is 26.7 Å². The maximum absolute atomic E-state index is 10.9. The molecule has 2 aromatic carbocycles. The Morgan fingerprint density at radius 2 is 1.56 bits per heavy atom. The number of likely N-dealkylation sites (tertiary alicyclic amines) is 1. The lowest BCUT2D eigenvalue weighted by Gasteiger charge is -2.39. The third-order valence-corrected chi connectivity index (χ3v) is 5.67. The van der Waals surface area contributed by atoms with Gasteiger partial charge in [0.25, 0.3) is 0 Å². The van der Waals surface area contributed by atoms with Crippen molar-refractivity contribution >= 4 is 5.97 Å². The molecular formula is C21H24N2O2. The summed E-state index contributed by atoms with van der Waals surface area (Å²) < 4.78 is 0. The number of likely N-dealkylation sites (N-methyl/N-ethyl adjacent to an activating group) is 1. The quantitative estimate of drug-likeness (QED) is 0.931. The molecule has 2 aromatic rings. The largest absolute Gasteiger partial charge is 0.480 e. The number of hydrogen-bond donors (Lipinski definition) is 1. The maximum atomic E-state index is 10.9. The van der Waals surface area contributed by atoms with Crippen molar-refractivity contribution in [2.45, 2.75) is 24.9 Å². The number of benzene rings is 2. The Bertz CT molecular complexity index is 735. The minimum Gasteiger partial charge on any atom is -0.480 e. The van der Waals surface area contributed by atoms with E-state index in [-0.39, 0.29) is 6.54 Å². The highest BCUT2D eigenvalue weighted by atomic mass is 16.4. The highest BCUT2D eigenvalue weighted by molar-refractivity contribution is 5.78. The summed E-state index contributed by atoms with van der Waals surface area (Å²) in [6.45, 7) is 2.13. The van der Waals surface area contributed by atoms with Crippen LogP contribution in [0.3, 0.4) is 0 Å². The highest BCUT2D eigenvalue weighted by Crippen LogP contribution is 2.46. The van der Waals surface area contributed by atoms with E-state index in [9.17, 15) is 4.79 Å². The van der Waals surface area contributed by atoms with Crippen LogP contribution in [0.25, 0.3) is 11.1 Å². The number of rotatable bonds is 4. The van der Waals surface area contributed by atoms with Gasteiger partial charge in [-0.15, -0.1) is 0 Å². The Balaban J connectivity index is 1.55. The number of carboxylic acid groups (broad SMARTS) is 1. The van der Waals surface area contributed by atoms with Crippen molar-refractivity contribution in [1.82, 2.24) is 9.80 Å². The number of aliphatic carboxylic acids is 1. The summed E-state index contributed by atoms with van der Waals surface area (Å²) in [4.78, 5) is 15.5. The predicted molar refractivity (Wildman–Crippen MR) is 98.6 cm³/mol. The molecule has 25 heavy (non-hydrogen) atoms. The van der Waals surface area contributed by atoms with Crippen LogP contribution in [0.4, 0.5) is 0 Å². The lowest BCUT2D eigenvalue weighted by Crippen LogP contribution is -2.45. The molecule has 0 amide bonds. The zero-order valence-corrected chi connectivity index (χ0v) is 14.6. The second-order valence-electron chi connectivity index (χ2n) is 7.15. The fourth-order valence-electron chi connectivity index (χ4n) is 4.45. The van der Waals surface area contributed by atoms with Gasteiger partial charge in [0.1, 0.15) is 0 Å². The van der Waals surface area contributed by atoms with Gasteiger partial charge < -0.3 is 5.11 Å². The molecule has 2 aliphatic rings. The first-order valence-corrected chi connectivity index (χ1v) is 8.99. The van der Waals surface area contributed by atoms with Gasteiger partial charge in [-0.05, 0) is 42.1 Å². The van der Waals surface area contributed by atoms with Crippen molar-refractivity contribution < 1.29 is 9.90 Å². The van der Waals surface area contributed by atoms with E-state index in [1.807, 2.05) is 11.9 Å². The molecular weight excluding hydrogens is 312 g/mol. The standard InChI is InChI=1S/C21H24N2O2/c1-22(14-20(24)25)15-10-12-23(13-11-15)21-18-8-4-2-6-16(18)17-7-3-5-9-19(17)21/h2-9,15,21H,10-14H2,1H3,(H,24,25). The van der Waals surface area contributed by atoms with E-state index < -0.39 is 5.97 Å². The zero-order valence-electron chi connectivity index (χ0n) is 14.6. The van der Waals surface area contributed by atoms with E-state index in [0.29, 0.717) is 12.1 Å². The first-order valence-electron chi connectivity index (χ1n) is 8.99. The molecule has 0 spiro atoms. The minimum atomic E-state index is -0.747. The minimum absolute atomic E-state index is 0.125. The monoisotopic (exact) mass is 336 g/mol. The summed E-state index contributed by atoms with van der Waals surface area (Å²) in [6.07, 6.45) is 2.04. The molecule has 4 heteroatoms. The SMILES string of the molecule is CN(CC(=O)O)C1CCN(C2c3ccccc3-c3ccccc32)CC1. The molecule has 1 N–H and O–H groups in total. The molecule has 4 rings (SSSR count). The van der Waals surface area contributed by atoms with E-state index in [2.05, 4.69) is 53.4 Å². The number of hydrogen-bond acceptors (Lipinski definition) is 3. The van der Waals surface area contributed by atoms with Crippen LogP contribution in [0, 0.1) is 0 Å². The highest BCUT2D eigenvalue weighted by Gasteiger charge is 2.35. The molecule has 130 valence electrons. The molecule has 0 atom stereocenters. The van der Waals surface area contributed by atoms with Crippen LogP contribution in [0.2, 0.25) is 0 Å². The topological polar surface area (TPSA) is 43.8 Å². The van der Waals surface area contributed by atoms with Crippen molar-refractivity contribution in [3.8, 4) is 11.1 Å². The lowest BCUT2D eigenvalue weighted by molar-refractivity contribution is -0.138. The summed E-state index contributed by atoms with van der Waals surface area (Å²) in [6, 6.07) is 18.1. The Hall–Kier alpha value is -2.17. The average Bonchev–Trinajstić information content (AvgIpc) is 2.96. The van der Waals surface area contributed by atoms with Crippen molar-refractivity contribution in [3.05, 3.63) is 59.7 Å². The van der Waals surface area contributed by atoms with Gasteiger partial charge in [0.05, 0.1) is 12.6 Å². The van der Waals surface area contributed by atoms with Crippen LogP contribution >= 0.6 is 0 Å². The first-order chi connectivity index (χ1) is 12.1. The van der Waals surface area contributed by atoms with Crippen molar-refractivity contribution in [3.63, 3.8) is 0 Å². The van der Waals surface area contributed by atoms with Crippen LogP contribution in [-0.2, 0) is 4.79 Å². The van der Waals surface area contributed by atoms with E-state index in [1.165, 1.54) is 22.3 Å². The normalized spacial score (nSPS) is 18.3. The van der Waals surface area contributed by atoms with E-state index >= 15 is 0 Å². The fourth-order valence-corrected chi connectivity index (χ4v) is 4.45. The number of piperidine rings is 1. The Morgan fingerprint density at radius 1 is 1.04 bits per heavy atom. The van der Waals surface area contributed by atoms with Crippen LogP contribution in [0.15, 0.2) is 48.5 Å². The fraction of sp³-hybridized carbons (Fsp3) is 0.381. The van der Waals surface area contributed by atoms with Gasteiger partial charge in [-0.1, -0.05) is 48.5 Å². The van der Waals surface area contributed by atoms with Crippen LogP contribution in [0.1, 0.15) is 30.0 Å². The summed E-state index contributed by atoms with van der Waals surface area (Å²) in [5.41, 5.74) is 5.52. The summed E-state index contributed by atoms with van der Waals surface area (Å²) in [7, 11) is 1.93. The molecule has 1 saturated heterocycles. The molecule has 4 nitrogen and oxygen atoms in total. The molecule has 0 bridgehead atoms. The van der Waals surface area contributed by atoms with E-state index in [0.717, 1.165) is 25.9 Å². The number of nitrogens with zero attached hydrogens (tertiary/aromatic N) is 2. The zero-order chi connectivity index (χ0) is 17.4. The number of fused-ring (bicyclic) bond motifs is 3. The third-order valence-electron chi connectivity index (χ3n) is 5.67. The van der Waals surface area contributed by atoms with Gasteiger partial charge in [0.15, 0.2) is 0 Å². The van der Waals surface area contributed by atoms with Gasteiger partial charge in [0.2, 0.25) is 0 Å². The van der Waals surface area contributed by atoms with Crippen LogP contribution in [0.5, 0.6) is 0 Å². The second-order valence-corrected chi connectivity index (χ2v) is 7.15. The summed E-state index contributed by atoms with van der Waals surface area (Å²) in [5.74, 6) is -0.747. The second kappa shape index (κ2) is 6.62. The smallest absolute Gasteiger partial charge is 0.317 e. The maximum Gasteiger partial charge on any atom is 0.317 e. The molecule has 1 aliphatic carbocycles. The Kier molecular flexibility index (Phi) is 4.32. The lowest BCUT2D eigenvalue weighted by atomic mass is 9.97. The average molecular weight is 336 g/mol. The summed E-state index contributed by atoms with van der Waals surface area (Å²) >= 11 is 0. The molecule has 0 saturated carbocycles. The number of carboxylic acids is 1. The van der Waals surface area contributed by atoms with E-state index in [4.69, 9.17) is 5.11 Å². The molecule has 0 unspecified atom stereocenters. The van der Waals surface area contributed by atoms with E-state index in [1.54, 1.807) is 0 Å². The van der Waals surface area contributed by atoms with Crippen molar-refractivity contribution in [1.29, 1.82) is 0 Å². The summed E-state index contributed by atoms with van der Waals surface area (Å²) in [5, 5.41) is 9.01. The van der Waals surface area contributed by atoms with Gasteiger partial charge in [-0.2, -0.15) is 0 Å². The van der Waals surface area contributed by atoms with Gasteiger partial charge in [-0.25, -0.2) is 0 Å². The van der Waals surface area contributed by atoms with Crippen molar-refractivity contribution in [2.24, 2.45) is 0 Å². The number of carbonyl (C=O) groups is 1. The van der Waals surface area contributed by atoms with Gasteiger partial charge in [-0.3, -0.25) is 14.6 Å². The van der Waals surface area contributed by atoms with Crippen LogP contribution < -0.4 is 0 Å². The third kappa shape index (κ3) is 2.96. The molecule has 1 aliphatic heterocycles. The first kappa shape index (κ1) is 16.3. The molecule has 1 heterocycles. The molecule has 0 aromatic heterocycles. The molecule has 0 radical (unpaired) electrons. The van der Waals surface area contributed by atoms with Gasteiger partial charge >= 0.3 is 5.97 Å². The molecule has 1 fully saturated rings. The Labute approximate surface area is 148 Å². The predicted octanol–water partition coefficient (Wildman–Crippen LogP) is 3.24. The van der Waals surface area contributed by atoms with Crippen LogP contribution in [-0.4, -0.2) is 53.6 Å².